The maximum Gasteiger partial charge on any atom is 0.433 e. The molecule has 2 atom stereocenters. The fraction of sp³-hybridized carbons (Fsp3) is 0.679. The minimum atomic E-state index is -4.45. The van der Waals surface area contributed by atoms with Crippen LogP contribution in [0.1, 0.15) is 62.2 Å². The first-order valence-corrected chi connectivity index (χ1v) is 17.0. The second-order valence-electron chi connectivity index (χ2n) is 12.7. The highest BCUT2D eigenvalue weighted by Gasteiger charge is 2.40. The molecule has 2 aliphatic rings. The van der Waals surface area contributed by atoms with Crippen LogP contribution in [0.4, 0.5) is 18.0 Å². The molecule has 8 nitrogen and oxygen atoms in total. The standard InChI is InChI=1S/C28H43F3N6O2Si/c1-27(2,3)40(5,6)39-22(10-13-32-26(38)37-15-12-24-21(18-37)16-35(4)34-24)19-36-14-11-20(17-36)23-8-7-9-25(33-23)28(29,30)31/h7-9,16,20,22H,10-15,17-19H2,1-6H3,(H,32,38)/t20?,22-/m1/s1. The monoisotopic (exact) mass is 580 g/mol. The summed E-state index contributed by atoms with van der Waals surface area (Å²) in [5.74, 6) is -0.0491. The SMILES string of the molecule is Cn1cc2c(n1)CCN(C(=O)NCC[C@H](CN1CCC(c3cccc(C(F)(F)F)n3)C1)O[Si](C)(C)C(C)(C)C)C2. The molecular weight excluding hydrogens is 537 g/mol. The van der Waals surface area contributed by atoms with E-state index in [-0.39, 0.29) is 23.1 Å². The fourth-order valence-corrected chi connectivity index (χ4v) is 6.60. The van der Waals surface area contributed by atoms with Crippen molar-refractivity contribution in [1.29, 1.82) is 0 Å². The Morgan fingerprint density at radius 1 is 1.23 bits per heavy atom. The third kappa shape index (κ3) is 7.44. The Hall–Kier alpha value is -2.44. The largest absolute Gasteiger partial charge is 0.433 e. The minimum Gasteiger partial charge on any atom is -0.413 e. The predicted molar refractivity (Wildman–Crippen MR) is 150 cm³/mol. The number of nitrogens with zero attached hydrogens (tertiary/aromatic N) is 5. The average Bonchev–Trinajstić information content (AvgIpc) is 3.47. The van der Waals surface area contributed by atoms with Crippen LogP contribution in [0.25, 0.3) is 0 Å². The molecule has 1 saturated heterocycles. The number of hydrogen-bond acceptors (Lipinski definition) is 5. The van der Waals surface area contributed by atoms with Crippen molar-refractivity contribution in [2.24, 2.45) is 7.05 Å². The van der Waals surface area contributed by atoms with Gasteiger partial charge >= 0.3 is 12.2 Å². The van der Waals surface area contributed by atoms with E-state index < -0.39 is 20.2 Å². The van der Waals surface area contributed by atoms with Crippen LogP contribution in [0.5, 0.6) is 0 Å². The van der Waals surface area contributed by atoms with E-state index in [1.165, 1.54) is 6.07 Å². The van der Waals surface area contributed by atoms with Crippen molar-refractivity contribution < 1.29 is 22.4 Å². The first-order valence-electron chi connectivity index (χ1n) is 14.1. The van der Waals surface area contributed by atoms with Gasteiger partial charge in [0.15, 0.2) is 8.32 Å². The molecule has 0 radical (unpaired) electrons. The molecule has 2 aromatic heterocycles. The molecule has 2 amide bonds. The van der Waals surface area contributed by atoms with Gasteiger partial charge in [-0.25, -0.2) is 9.78 Å². The highest BCUT2D eigenvalue weighted by molar-refractivity contribution is 6.74. The van der Waals surface area contributed by atoms with E-state index in [1.54, 1.807) is 10.7 Å². The third-order valence-corrected chi connectivity index (χ3v) is 13.0. The minimum absolute atomic E-state index is 0.0270. The van der Waals surface area contributed by atoms with E-state index in [0.717, 1.165) is 36.7 Å². The summed E-state index contributed by atoms with van der Waals surface area (Å²) in [7, 11) is -0.200. The van der Waals surface area contributed by atoms with Gasteiger partial charge in [0.25, 0.3) is 0 Å². The lowest BCUT2D eigenvalue weighted by atomic mass is 10.0. The number of urea groups is 1. The molecule has 4 heterocycles. The van der Waals surface area contributed by atoms with Gasteiger partial charge in [-0.2, -0.15) is 18.3 Å². The molecule has 40 heavy (non-hydrogen) atoms. The summed E-state index contributed by atoms with van der Waals surface area (Å²) >= 11 is 0. The zero-order valence-corrected chi connectivity index (χ0v) is 25.5. The molecule has 222 valence electrons. The van der Waals surface area contributed by atoms with Gasteiger partial charge in [-0.15, -0.1) is 0 Å². The van der Waals surface area contributed by atoms with Gasteiger partial charge in [-0.1, -0.05) is 26.8 Å². The van der Waals surface area contributed by atoms with E-state index in [2.05, 4.69) is 54.2 Å². The maximum atomic E-state index is 13.2. The predicted octanol–water partition coefficient (Wildman–Crippen LogP) is 5.17. The molecule has 0 aromatic carbocycles. The topological polar surface area (TPSA) is 75.5 Å². The summed E-state index contributed by atoms with van der Waals surface area (Å²) in [4.78, 5) is 21.0. The number of nitrogens with one attached hydrogen (secondary N) is 1. The maximum absolute atomic E-state index is 13.2. The van der Waals surface area contributed by atoms with Crippen molar-refractivity contribution in [3.8, 4) is 0 Å². The second-order valence-corrected chi connectivity index (χ2v) is 17.4. The quantitative estimate of drug-likeness (QED) is 0.436. The van der Waals surface area contributed by atoms with Crippen LogP contribution < -0.4 is 5.32 Å². The normalized spacial score (nSPS) is 19.5. The fourth-order valence-electron chi connectivity index (χ4n) is 5.22. The highest BCUT2D eigenvalue weighted by atomic mass is 28.4. The first kappa shape index (κ1) is 30.5. The number of amides is 2. The van der Waals surface area contributed by atoms with Crippen LogP contribution in [-0.4, -0.2) is 77.7 Å². The van der Waals surface area contributed by atoms with E-state index in [1.807, 2.05) is 18.1 Å². The van der Waals surface area contributed by atoms with E-state index in [0.29, 0.717) is 44.8 Å². The number of alkyl halides is 3. The molecular formula is C28H43F3N6O2Si. The molecule has 0 saturated carbocycles. The lowest BCUT2D eigenvalue weighted by molar-refractivity contribution is -0.141. The van der Waals surface area contributed by atoms with Crippen LogP contribution in [-0.2, 0) is 30.6 Å². The zero-order valence-electron chi connectivity index (χ0n) is 24.5. The van der Waals surface area contributed by atoms with E-state index >= 15 is 0 Å². The summed E-state index contributed by atoms with van der Waals surface area (Å²) in [5, 5.41) is 7.57. The Bertz CT molecular complexity index is 1180. The van der Waals surface area contributed by atoms with Gasteiger partial charge in [0, 0.05) is 63.0 Å². The Morgan fingerprint density at radius 2 is 1.98 bits per heavy atom. The summed E-state index contributed by atoms with van der Waals surface area (Å²) in [6.07, 6.45) is -0.417. The van der Waals surface area contributed by atoms with Crippen molar-refractivity contribution in [2.75, 3.05) is 32.7 Å². The summed E-state index contributed by atoms with van der Waals surface area (Å²) < 4.78 is 48.2. The Kier molecular flexibility index (Phi) is 9.01. The van der Waals surface area contributed by atoms with Crippen LogP contribution in [0.15, 0.2) is 24.4 Å². The molecule has 1 fully saturated rings. The van der Waals surface area contributed by atoms with Crippen molar-refractivity contribution in [3.05, 3.63) is 47.0 Å². The number of aryl methyl sites for hydroxylation is 1. The van der Waals surface area contributed by atoms with Crippen molar-refractivity contribution in [3.63, 3.8) is 0 Å². The van der Waals surface area contributed by atoms with Crippen molar-refractivity contribution in [1.82, 2.24) is 29.9 Å². The first-order chi connectivity index (χ1) is 18.6. The average molecular weight is 581 g/mol. The molecule has 0 bridgehead atoms. The molecule has 2 aliphatic heterocycles. The van der Waals surface area contributed by atoms with Gasteiger partial charge < -0.3 is 19.5 Å². The molecule has 1 N–H and O–H groups in total. The van der Waals surface area contributed by atoms with E-state index in [4.69, 9.17) is 4.43 Å². The Balaban J connectivity index is 1.36. The molecule has 1 unspecified atom stereocenters. The van der Waals surface area contributed by atoms with Crippen LogP contribution in [0, 0.1) is 0 Å². The van der Waals surface area contributed by atoms with Gasteiger partial charge in [-0.3, -0.25) is 4.68 Å². The lowest BCUT2D eigenvalue weighted by Crippen LogP contribution is -2.48. The number of fused-ring (bicyclic) bond motifs is 1. The van der Waals surface area contributed by atoms with Gasteiger partial charge in [0.05, 0.1) is 18.3 Å². The summed E-state index contributed by atoms with van der Waals surface area (Å²) in [6, 6.07) is 4.07. The van der Waals surface area contributed by atoms with E-state index in [9.17, 15) is 18.0 Å². The van der Waals surface area contributed by atoms with Crippen molar-refractivity contribution >= 4 is 14.3 Å². The van der Waals surface area contributed by atoms with Gasteiger partial charge in [-0.05, 0) is 49.7 Å². The van der Waals surface area contributed by atoms with Gasteiger partial charge in [0.2, 0.25) is 0 Å². The molecule has 12 heteroatoms. The zero-order chi connectivity index (χ0) is 29.3. The molecule has 0 aliphatic carbocycles. The number of halogens is 3. The summed E-state index contributed by atoms with van der Waals surface area (Å²) in [6.45, 7) is 14.8. The Morgan fingerprint density at radius 3 is 2.67 bits per heavy atom. The number of aromatic nitrogens is 3. The molecule has 2 aromatic rings. The highest BCUT2D eigenvalue weighted by Crippen LogP contribution is 2.38. The number of likely N-dealkylation sites (tertiary alicyclic amines) is 1. The van der Waals surface area contributed by atoms with Crippen LogP contribution in [0.3, 0.4) is 0 Å². The third-order valence-electron chi connectivity index (χ3n) is 8.48. The second kappa shape index (κ2) is 11.8. The number of hydrogen-bond donors (Lipinski definition) is 1. The van der Waals surface area contributed by atoms with Crippen molar-refractivity contribution in [2.45, 2.75) is 82.9 Å². The number of pyridine rings is 1. The van der Waals surface area contributed by atoms with Crippen LogP contribution >= 0.6 is 0 Å². The smallest absolute Gasteiger partial charge is 0.413 e. The molecule has 4 rings (SSSR count). The summed E-state index contributed by atoms with van der Waals surface area (Å²) in [5.41, 5.74) is 1.79. The van der Waals surface area contributed by atoms with Gasteiger partial charge in [0.1, 0.15) is 5.69 Å². The van der Waals surface area contributed by atoms with Crippen LogP contribution in [0.2, 0.25) is 18.1 Å². The Labute approximate surface area is 236 Å². The number of carbonyl (C=O) groups excluding carboxylic acids is 1. The number of rotatable bonds is 8. The lowest BCUT2D eigenvalue weighted by Gasteiger charge is -2.40. The number of carbonyl (C=O) groups is 1. The molecule has 0 spiro atoms.